The topological polar surface area (TPSA) is 35.2 Å². The molecule has 0 saturated heterocycles. The molecule has 1 unspecified atom stereocenters. The van der Waals surface area contributed by atoms with Crippen LogP contribution >= 0.6 is 22.6 Å². The lowest BCUT2D eigenvalue weighted by molar-refractivity contribution is 0.255. The molecule has 1 aromatic carbocycles. The fourth-order valence-electron chi connectivity index (χ4n) is 1.43. The third-order valence-corrected chi connectivity index (χ3v) is 2.99. The van der Waals surface area contributed by atoms with Crippen molar-refractivity contribution >= 4 is 22.6 Å². The average Bonchev–Trinajstić information content (AvgIpc) is 2.12. The van der Waals surface area contributed by atoms with E-state index in [4.69, 9.17) is 10.5 Å². The van der Waals surface area contributed by atoms with Crippen LogP contribution in [0.5, 0.6) is 5.75 Å². The summed E-state index contributed by atoms with van der Waals surface area (Å²) in [5.41, 5.74) is 6.60. The molecule has 1 heterocycles. The van der Waals surface area contributed by atoms with Crippen LogP contribution in [-0.4, -0.2) is 6.61 Å². The van der Waals surface area contributed by atoms with Crippen LogP contribution in [0.1, 0.15) is 18.0 Å². The smallest absolute Gasteiger partial charge is 0.178 e. The van der Waals surface area contributed by atoms with Crippen molar-refractivity contribution in [3.63, 3.8) is 0 Å². The summed E-state index contributed by atoms with van der Waals surface area (Å²) in [5, 5.41) is 0. The first kappa shape index (κ1) is 9.21. The van der Waals surface area contributed by atoms with Crippen LogP contribution < -0.4 is 10.5 Å². The molecule has 1 aliphatic rings. The van der Waals surface area contributed by atoms with Gasteiger partial charge in [-0.15, -0.1) is 0 Å². The summed E-state index contributed by atoms with van der Waals surface area (Å²) in [7, 11) is 0. The molecule has 0 saturated carbocycles. The van der Waals surface area contributed by atoms with Crippen molar-refractivity contribution in [1.29, 1.82) is 0 Å². The number of fused-ring (bicyclic) bond motifs is 1. The molecule has 2 N–H and O–H groups in total. The van der Waals surface area contributed by atoms with Gasteiger partial charge in [0.1, 0.15) is 0 Å². The SMILES string of the molecule is NC1CCOc2c1ccc(I)c2F. The predicted molar refractivity (Wildman–Crippen MR) is 56.2 cm³/mol. The van der Waals surface area contributed by atoms with Gasteiger partial charge in [0.25, 0.3) is 0 Å². The zero-order valence-electron chi connectivity index (χ0n) is 6.89. The van der Waals surface area contributed by atoms with Gasteiger partial charge in [0.15, 0.2) is 11.6 Å². The molecule has 0 spiro atoms. The zero-order valence-corrected chi connectivity index (χ0v) is 9.05. The van der Waals surface area contributed by atoms with Gasteiger partial charge in [-0.05, 0) is 28.7 Å². The fourth-order valence-corrected chi connectivity index (χ4v) is 1.85. The number of benzene rings is 1. The third-order valence-electron chi connectivity index (χ3n) is 2.16. The molecule has 0 amide bonds. The van der Waals surface area contributed by atoms with E-state index < -0.39 is 0 Å². The molecule has 0 fully saturated rings. The minimum absolute atomic E-state index is 0.0877. The van der Waals surface area contributed by atoms with Gasteiger partial charge < -0.3 is 10.5 Å². The summed E-state index contributed by atoms with van der Waals surface area (Å²) < 4.78 is 19.3. The number of halogens is 2. The zero-order chi connectivity index (χ0) is 9.42. The molecular formula is C9H9FINO. The van der Waals surface area contributed by atoms with Crippen molar-refractivity contribution in [1.82, 2.24) is 0 Å². The average molecular weight is 293 g/mol. The van der Waals surface area contributed by atoms with Gasteiger partial charge in [0, 0.05) is 18.0 Å². The van der Waals surface area contributed by atoms with Gasteiger partial charge in [0.2, 0.25) is 0 Å². The molecular weight excluding hydrogens is 284 g/mol. The number of nitrogens with two attached hydrogens (primary N) is 1. The van der Waals surface area contributed by atoms with Gasteiger partial charge in [-0.2, -0.15) is 0 Å². The lowest BCUT2D eigenvalue weighted by atomic mass is 10.0. The second-order valence-electron chi connectivity index (χ2n) is 3.02. The van der Waals surface area contributed by atoms with E-state index in [0.717, 1.165) is 12.0 Å². The van der Waals surface area contributed by atoms with Crippen molar-refractivity contribution in [2.75, 3.05) is 6.61 Å². The maximum atomic E-state index is 13.5. The highest BCUT2D eigenvalue weighted by Crippen LogP contribution is 2.34. The molecule has 0 radical (unpaired) electrons. The summed E-state index contributed by atoms with van der Waals surface area (Å²) >= 11 is 1.94. The minimum Gasteiger partial charge on any atom is -0.490 e. The Kier molecular flexibility index (Phi) is 2.42. The van der Waals surface area contributed by atoms with Crippen molar-refractivity contribution in [2.45, 2.75) is 12.5 Å². The van der Waals surface area contributed by atoms with E-state index in [1.54, 1.807) is 6.07 Å². The van der Waals surface area contributed by atoms with Crippen LogP contribution in [0.25, 0.3) is 0 Å². The number of rotatable bonds is 0. The Labute approximate surface area is 89.4 Å². The molecule has 4 heteroatoms. The van der Waals surface area contributed by atoms with Crippen LogP contribution in [0.15, 0.2) is 12.1 Å². The summed E-state index contributed by atoms with van der Waals surface area (Å²) in [6.07, 6.45) is 0.757. The van der Waals surface area contributed by atoms with Gasteiger partial charge in [-0.1, -0.05) is 6.07 Å². The highest BCUT2D eigenvalue weighted by Gasteiger charge is 2.22. The largest absolute Gasteiger partial charge is 0.490 e. The highest BCUT2D eigenvalue weighted by molar-refractivity contribution is 14.1. The monoisotopic (exact) mass is 293 g/mol. The van der Waals surface area contributed by atoms with Crippen molar-refractivity contribution in [3.8, 4) is 5.75 Å². The number of hydrogen-bond acceptors (Lipinski definition) is 2. The minimum atomic E-state index is -0.284. The van der Waals surface area contributed by atoms with Crippen LogP contribution in [0.2, 0.25) is 0 Å². The molecule has 1 atom stereocenters. The molecule has 70 valence electrons. The highest BCUT2D eigenvalue weighted by atomic mass is 127. The van der Waals surface area contributed by atoms with Crippen LogP contribution in [0.3, 0.4) is 0 Å². The van der Waals surface area contributed by atoms with E-state index in [1.807, 2.05) is 28.7 Å². The maximum absolute atomic E-state index is 13.5. The van der Waals surface area contributed by atoms with Crippen molar-refractivity contribution < 1.29 is 9.13 Å². The summed E-state index contributed by atoms with van der Waals surface area (Å²) in [4.78, 5) is 0. The second kappa shape index (κ2) is 3.42. The van der Waals surface area contributed by atoms with E-state index in [9.17, 15) is 4.39 Å². The first-order chi connectivity index (χ1) is 6.20. The van der Waals surface area contributed by atoms with Gasteiger partial charge in [-0.3, -0.25) is 0 Å². The lowest BCUT2D eigenvalue weighted by Crippen LogP contribution is -2.21. The predicted octanol–water partition coefficient (Wildman–Crippen LogP) is 2.21. The second-order valence-corrected chi connectivity index (χ2v) is 4.19. The molecule has 13 heavy (non-hydrogen) atoms. The fraction of sp³-hybridized carbons (Fsp3) is 0.333. The van der Waals surface area contributed by atoms with Gasteiger partial charge >= 0.3 is 0 Å². The Balaban J connectivity index is 2.56. The molecule has 0 aliphatic carbocycles. The Morgan fingerprint density at radius 2 is 2.31 bits per heavy atom. The lowest BCUT2D eigenvalue weighted by Gasteiger charge is -2.23. The molecule has 0 aromatic heterocycles. The Bertz CT molecular complexity index is 343. The Hall–Kier alpha value is -0.360. The Morgan fingerprint density at radius 3 is 3.08 bits per heavy atom. The van der Waals surface area contributed by atoms with E-state index in [2.05, 4.69) is 0 Å². The van der Waals surface area contributed by atoms with E-state index in [1.165, 1.54) is 0 Å². The number of hydrogen-bond donors (Lipinski definition) is 1. The standard InChI is InChI=1S/C9H9FINO/c10-8-6(11)2-1-5-7(12)3-4-13-9(5)8/h1-2,7H,3-4,12H2. The summed E-state index contributed by atoms with van der Waals surface area (Å²) in [5.74, 6) is 0.0545. The van der Waals surface area contributed by atoms with E-state index in [-0.39, 0.29) is 11.9 Å². The van der Waals surface area contributed by atoms with Crippen LogP contribution in [-0.2, 0) is 0 Å². The van der Waals surface area contributed by atoms with Gasteiger partial charge in [0.05, 0.1) is 10.2 Å². The Morgan fingerprint density at radius 1 is 1.54 bits per heavy atom. The van der Waals surface area contributed by atoms with Crippen LogP contribution in [0.4, 0.5) is 4.39 Å². The molecule has 2 nitrogen and oxygen atoms in total. The van der Waals surface area contributed by atoms with Gasteiger partial charge in [-0.25, -0.2) is 4.39 Å². The maximum Gasteiger partial charge on any atom is 0.178 e. The van der Waals surface area contributed by atoms with E-state index in [0.29, 0.717) is 15.9 Å². The molecule has 1 aliphatic heterocycles. The van der Waals surface area contributed by atoms with E-state index >= 15 is 0 Å². The normalized spacial score (nSPS) is 20.7. The molecule has 0 bridgehead atoms. The molecule has 1 aromatic rings. The summed E-state index contributed by atoms with van der Waals surface area (Å²) in [6, 6.07) is 3.48. The quantitative estimate of drug-likeness (QED) is 0.744. The third kappa shape index (κ3) is 1.52. The van der Waals surface area contributed by atoms with Crippen molar-refractivity contribution in [3.05, 3.63) is 27.1 Å². The first-order valence-electron chi connectivity index (χ1n) is 4.06. The van der Waals surface area contributed by atoms with Crippen LogP contribution in [0, 0.1) is 9.39 Å². The molecule has 2 rings (SSSR count). The van der Waals surface area contributed by atoms with Crippen molar-refractivity contribution in [2.24, 2.45) is 5.73 Å². The first-order valence-corrected chi connectivity index (χ1v) is 5.14. The summed E-state index contributed by atoms with van der Waals surface area (Å²) in [6.45, 7) is 0.505. The number of ether oxygens (including phenoxy) is 1.